The van der Waals surface area contributed by atoms with Gasteiger partial charge in [0.05, 0.1) is 0 Å². The minimum Gasteiger partial charge on any atom is -0.126 e. The summed E-state index contributed by atoms with van der Waals surface area (Å²) in [6, 6.07) is 9.46. The molecule has 1 saturated heterocycles. The van der Waals surface area contributed by atoms with Gasteiger partial charge in [0, 0.05) is 8.80 Å². The van der Waals surface area contributed by atoms with Crippen LogP contribution in [0.15, 0.2) is 0 Å². The van der Waals surface area contributed by atoms with Crippen LogP contribution in [0, 0.1) is 0 Å². The van der Waals surface area contributed by atoms with Crippen LogP contribution in [-0.2, 0) is 0 Å². The Morgan fingerprint density at radius 1 is 1.27 bits per heavy atom. The van der Waals surface area contributed by atoms with E-state index in [0.717, 1.165) is 0 Å². The van der Waals surface area contributed by atoms with Crippen molar-refractivity contribution in [2.45, 2.75) is 50.1 Å². The molecule has 1 aliphatic rings. The number of hydrogen-bond donors (Lipinski definition) is 0. The lowest BCUT2D eigenvalue weighted by atomic mass is 10.9. The molecule has 1 aliphatic heterocycles. The minimum atomic E-state index is -0.821. The Balaban J connectivity index is 2.35. The summed E-state index contributed by atoms with van der Waals surface area (Å²) in [7, 11) is -0.197. The van der Waals surface area contributed by atoms with Crippen molar-refractivity contribution in [3.05, 3.63) is 0 Å². The van der Waals surface area contributed by atoms with E-state index in [1.165, 1.54) is 6.04 Å². The Morgan fingerprint density at radius 2 is 1.82 bits per heavy atom. The topological polar surface area (TPSA) is 0 Å². The van der Waals surface area contributed by atoms with Gasteiger partial charge in [0.1, 0.15) is 6.69 Å². The van der Waals surface area contributed by atoms with Crippen LogP contribution in [0.1, 0.15) is 13.8 Å². The van der Waals surface area contributed by atoms with Gasteiger partial charge < -0.3 is 0 Å². The van der Waals surface area contributed by atoms with Crippen LogP contribution in [0.4, 0.5) is 0 Å². The average molecular weight is 251 g/mol. The lowest BCUT2D eigenvalue weighted by Gasteiger charge is -2.31. The Kier molecular flexibility index (Phi) is 3.85. The predicted octanol–water partition coefficient (Wildman–Crippen LogP) is 3.61. The predicted molar refractivity (Wildman–Crippen MR) is 62.0 cm³/mol. The molecular formula is C8H19BrSi2. The Hall–Kier alpha value is 0.914. The van der Waals surface area contributed by atoms with E-state index in [0.29, 0.717) is 0 Å². The van der Waals surface area contributed by atoms with Crippen molar-refractivity contribution < 1.29 is 0 Å². The lowest BCUT2D eigenvalue weighted by Crippen LogP contribution is -2.33. The van der Waals surface area contributed by atoms with Crippen molar-refractivity contribution in [3.8, 4) is 0 Å². The fraction of sp³-hybridized carbons (Fsp3) is 1.00. The van der Waals surface area contributed by atoms with E-state index in [4.69, 9.17) is 0 Å². The summed E-state index contributed by atoms with van der Waals surface area (Å²) >= 11 is 4.01. The Labute approximate surface area is 81.0 Å². The molecule has 1 rings (SSSR count). The van der Waals surface area contributed by atoms with E-state index in [1.54, 1.807) is 30.2 Å². The van der Waals surface area contributed by atoms with E-state index < -0.39 is 6.69 Å². The van der Waals surface area contributed by atoms with Crippen LogP contribution in [0.3, 0.4) is 0 Å². The van der Waals surface area contributed by atoms with Gasteiger partial charge in [-0.25, -0.2) is 0 Å². The molecular weight excluding hydrogens is 232 g/mol. The third-order valence-electron chi connectivity index (χ3n) is 3.21. The third-order valence-corrected chi connectivity index (χ3v) is 15.4. The molecule has 0 nitrogen and oxygen atoms in total. The highest BCUT2D eigenvalue weighted by Crippen LogP contribution is 2.37. The van der Waals surface area contributed by atoms with Crippen molar-refractivity contribution in [2.75, 3.05) is 0 Å². The lowest BCUT2D eigenvalue weighted by molar-refractivity contribution is 1.11. The van der Waals surface area contributed by atoms with Crippen LogP contribution in [0.25, 0.3) is 0 Å². The van der Waals surface area contributed by atoms with Crippen molar-refractivity contribution in [2.24, 2.45) is 0 Å². The highest BCUT2D eigenvalue weighted by Gasteiger charge is 2.33. The molecule has 1 heterocycles. The summed E-state index contributed by atoms with van der Waals surface area (Å²) < 4.78 is 0. The summed E-state index contributed by atoms with van der Waals surface area (Å²) in [6.45, 7) is 3.94. The van der Waals surface area contributed by atoms with Crippen LogP contribution >= 0.6 is 15.3 Å². The van der Waals surface area contributed by atoms with Gasteiger partial charge in [0.15, 0.2) is 0 Å². The van der Waals surface area contributed by atoms with Gasteiger partial charge in [-0.1, -0.05) is 50.1 Å². The molecule has 0 radical (unpaired) electrons. The fourth-order valence-electron chi connectivity index (χ4n) is 1.96. The first-order valence-electron chi connectivity index (χ1n) is 4.89. The molecule has 0 unspecified atom stereocenters. The zero-order valence-electron chi connectivity index (χ0n) is 7.70. The highest BCUT2D eigenvalue weighted by atomic mass is 79.9. The van der Waals surface area contributed by atoms with E-state index in [1.807, 2.05) is 0 Å². The number of rotatable bonds is 2. The molecule has 0 aromatic heterocycles. The van der Waals surface area contributed by atoms with Crippen LogP contribution < -0.4 is 0 Å². The molecule has 0 N–H and O–H groups in total. The summed E-state index contributed by atoms with van der Waals surface area (Å²) in [5, 5.41) is 0. The molecule has 0 spiro atoms. The van der Waals surface area contributed by atoms with Crippen molar-refractivity contribution in [3.63, 3.8) is 0 Å². The molecule has 0 bridgehead atoms. The van der Waals surface area contributed by atoms with Gasteiger partial charge in [-0.15, -0.1) is 15.3 Å². The smallest absolute Gasteiger partial charge is 0.126 e. The molecule has 0 aromatic carbocycles. The van der Waals surface area contributed by atoms with Gasteiger partial charge in [0.2, 0.25) is 0 Å². The van der Waals surface area contributed by atoms with Crippen LogP contribution in [0.5, 0.6) is 0 Å². The zero-order chi connectivity index (χ0) is 8.32. The Bertz CT molecular complexity index is 119. The first kappa shape index (κ1) is 10.00. The SMILES string of the molecule is CC[SiH]1CC[Si](Br)(CC)CC1. The fourth-order valence-corrected chi connectivity index (χ4v) is 15.5. The Morgan fingerprint density at radius 3 is 2.18 bits per heavy atom. The second-order valence-corrected chi connectivity index (χ2v) is 16.6. The van der Waals surface area contributed by atoms with Crippen molar-refractivity contribution >= 4 is 30.8 Å². The van der Waals surface area contributed by atoms with E-state index in [9.17, 15) is 0 Å². The molecule has 0 aliphatic carbocycles. The maximum absolute atomic E-state index is 4.01. The quantitative estimate of drug-likeness (QED) is 0.519. The summed E-state index contributed by atoms with van der Waals surface area (Å²) in [6.07, 6.45) is 0. The van der Waals surface area contributed by atoms with Crippen LogP contribution in [-0.4, -0.2) is 15.5 Å². The zero-order valence-corrected chi connectivity index (χ0v) is 11.4. The van der Waals surface area contributed by atoms with Gasteiger partial charge in [0.25, 0.3) is 0 Å². The second kappa shape index (κ2) is 4.24. The summed E-state index contributed by atoms with van der Waals surface area (Å²) in [5.74, 6) is 0. The standard InChI is InChI=1S/C8H19BrSi2/c1-3-10-5-7-11(9,4-2)8-6-10/h10H,3-8H2,1-2H3. The van der Waals surface area contributed by atoms with E-state index in [2.05, 4.69) is 29.1 Å². The van der Waals surface area contributed by atoms with E-state index in [-0.39, 0.29) is 8.80 Å². The minimum absolute atomic E-state index is 0.197. The maximum Gasteiger partial charge on any atom is 0.129 e. The van der Waals surface area contributed by atoms with Gasteiger partial charge in [-0.2, -0.15) is 0 Å². The molecule has 11 heavy (non-hydrogen) atoms. The molecule has 0 saturated carbocycles. The average Bonchev–Trinajstić information content (AvgIpc) is 2.06. The first-order chi connectivity index (χ1) is 5.20. The number of halogens is 1. The normalized spacial score (nSPS) is 39.0. The van der Waals surface area contributed by atoms with Gasteiger partial charge in [-0.05, 0) is 0 Å². The summed E-state index contributed by atoms with van der Waals surface area (Å²) in [5.41, 5.74) is 0. The van der Waals surface area contributed by atoms with Crippen molar-refractivity contribution in [1.29, 1.82) is 0 Å². The molecule has 0 aromatic rings. The second-order valence-electron chi connectivity index (χ2n) is 3.86. The van der Waals surface area contributed by atoms with Gasteiger partial charge >= 0.3 is 0 Å². The number of hydrogen-bond acceptors (Lipinski definition) is 0. The third kappa shape index (κ3) is 2.70. The molecule has 0 atom stereocenters. The molecule has 0 amide bonds. The molecule has 3 heteroatoms. The maximum atomic E-state index is 4.01. The largest absolute Gasteiger partial charge is 0.129 e. The van der Waals surface area contributed by atoms with E-state index >= 15 is 0 Å². The highest BCUT2D eigenvalue weighted by molar-refractivity contribution is 9.26. The molecule has 66 valence electrons. The van der Waals surface area contributed by atoms with Crippen LogP contribution in [0.2, 0.25) is 36.3 Å². The van der Waals surface area contributed by atoms with Crippen molar-refractivity contribution in [1.82, 2.24) is 0 Å². The molecule has 1 fully saturated rings. The monoisotopic (exact) mass is 250 g/mol. The summed E-state index contributed by atoms with van der Waals surface area (Å²) in [4.78, 5) is 0. The first-order valence-corrected chi connectivity index (χ1v) is 12.2. The van der Waals surface area contributed by atoms with Gasteiger partial charge in [-0.3, -0.25) is 0 Å².